The summed E-state index contributed by atoms with van der Waals surface area (Å²) >= 11 is 0. The van der Waals surface area contributed by atoms with E-state index in [9.17, 15) is 9.59 Å². The van der Waals surface area contributed by atoms with Gasteiger partial charge < -0.3 is 4.74 Å². The lowest BCUT2D eigenvalue weighted by atomic mass is 9.84. The molecule has 1 aromatic heterocycles. The first-order valence-electron chi connectivity index (χ1n) is 9.53. The fraction of sp³-hybridized carbons (Fsp3) is 0.391. The first-order valence-corrected chi connectivity index (χ1v) is 9.53. The first kappa shape index (κ1) is 21.5. The lowest BCUT2D eigenvalue weighted by Gasteiger charge is -2.25. The highest BCUT2D eigenvalue weighted by atomic mass is 16.5. The van der Waals surface area contributed by atoms with Crippen LogP contribution in [0.15, 0.2) is 57.8 Å². The van der Waals surface area contributed by atoms with Crippen molar-refractivity contribution in [2.24, 2.45) is 0 Å². The van der Waals surface area contributed by atoms with Crippen LogP contribution in [0.3, 0.4) is 0 Å². The molecule has 0 bridgehead atoms. The Balaban J connectivity index is 2.65. The fourth-order valence-electron chi connectivity index (χ4n) is 3.23. The van der Waals surface area contributed by atoms with Crippen LogP contribution in [0.2, 0.25) is 0 Å². The number of nitrogens with zero attached hydrogens (tertiary/aromatic N) is 1. The molecule has 1 heterocycles. The molecule has 28 heavy (non-hydrogen) atoms. The number of allylic oxidation sites excluding steroid dienone is 4. The Bertz CT molecular complexity index is 1000. The van der Waals surface area contributed by atoms with E-state index in [0.29, 0.717) is 0 Å². The standard InChI is InChI=1S/C23H30N2O3/c1-7-9-16(8-2)10-11-17-14-18(25-13-12-20(26)24-22(25)27)15-19(21(17)28-6)23(3,4)5/h7-9,12-15H,10-11H2,1-6H3,(H,24,26,27)/b9-7-,16-8+. The summed E-state index contributed by atoms with van der Waals surface area (Å²) in [6, 6.07) is 5.29. The van der Waals surface area contributed by atoms with Crippen LogP contribution >= 0.6 is 0 Å². The van der Waals surface area contributed by atoms with Gasteiger partial charge in [0.15, 0.2) is 0 Å². The van der Waals surface area contributed by atoms with Gasteiger partial charge in [-0.1, -0.05) is 44.6 Å². The van der Waals surface area contributed by atoms with E-state index in [0.717, 1.165) is 35.4 Å². The van der Waals surface area contributed by atoms with Gasteiger partial charge in [-0.2, -0.15) is 0 Å². The number of rotatable bonds is 6. The third-order valence-corrected chi connectivity index (χ3v) is 4.70. The van der Waals surface area contributed by atoms with E-state index in [4.69, 9.17) is 4.74 Å². The van der Waals surface area contributed by atoms with E-state index in [1.807, 2.05) is 32.1 Å². The first-order chi connectivity index (χ1) is 13.2. The van der Waals surface area contributed by atoms with Gasteiger partial charge in [0.2, 0.25) is 0 Å². The van der Waals surface area contributed by atoms with Gasteiger partial charge in [-0.05, 0) is 49.8 Å². The number of aryl methyl sites for hydroxylation is 1. The van der Waals surface area contributed by atoms with Crippen LogP contribution < -0.4 is 16.0 Å². The monoisotopic (exact) mass is 382 g/mol. The number of methoxy groups -OCH3 is 1. The number of hydrogen-bond donors (Lipinski definition) is 1. The maximum Gasteiger partial charge on any atom is 0.332 e. The van der Waals surface area contributed by atoms with Crippen molar-refractivity contribution in [2.45, 2.75) is 52.9 Å². The van der Waals surface area contributed by atoms with Gasteiger partial charge in [-0.3, -0.25) is 14.3 Å². The third kappa shape index (κ3) is 4.91. The van der Waals surface area contributed by atoms with Crippen molar-refractivity contribution < 1.29 is 4.74 Å². The number of aromatic nitrogens is 2. The topological polar surface area (TPSA) is 64.1 Å². The molecule has 0 atom stereocenters. The summed E-state index contributed by atoms with van der Waals surface area (Å²) in [4.78, 5) is 26.1. The van der Waals surface area contributed by atoms with Crippen LogP contribution in [0, 0.1) is 0 Å². The highest BCUT2D eigenvalue weighted by Crippen LogP contribution is 2.37. The second-order valence-corrected chi connectivity index (χ2v) is 7.78. The molecule has 0 aliphatic rings. The predicted octanol–water partition coefficient (Wildman–Crippen LogP) is 4.29. The Morgan fingerprint density at radius 3 is 2.46 bits per heavy atom. The molecule has 0 fully saturated rings. The van der Waals surface area contributed by atoms with Crippen molar-refractivity contribution in [3.63, 3.8) is 0 Å². The van der Waals surface area contributed by atoms with Crippen molar-refractivity contribution in [3.05, 3.63) is 80.2 Å². The normalized spacial score (nSPS) is 12.6. The van der Waals surface area contributed by atoms with E-state index in [2.05, 4.69) is 37.9 Å². The zero-order chi connectivity index (χ0) is 20.9. The molecule has 0 saturated carbocycles. The minimum Gasteiger partial charge on any atom is -0.496 e. The van der Waals surface area contributed by atoms with Gasteiger partial charge in [0, 0.05) is 17.8 Å². The summed E-state index contributed by atoms with van der Waals surface area (Å²) in [5.74, 6) is 0.852. The van der Waals surface area contributed by atoms with Crippen LogP contribution in [0.1, 0.15) is 52.2 Å². The number of aromatic amines is 1. The molecule has 0 radical (unpaired) electrons. The zero-order valence-corrected chi connectivity index (χ0v) is 17.6. The highest BCUT2D eigenvalue weighted by molar-refractivity contribution is 5.53. The lowest BCUT2D eigenvalue weighted by Crippen LogP contribution is -2.28. The van der Waals surface area contributed by atoms with E-state index in [1.54, 1.807) is 7.11 Å². The van der Waals surface area contributed by atoms with E-state index >= 15 is 0 Å². The van der Waals surface area contributed by atoms with Gasteiger partial charge in [-0.15, -0.1) is 0 Å². The summed E-state index contributed by atoms with van der Waals surface area (Å²) in [5.41, 5.74) is 2.99. The van der Waals surface area contributed by atoms with E-state index in [-0.39, 0.29) is 5.41 Å². The van der Waals surface area contributed by atoms with Crippen molar-refractivity contribution in [1.82, 2.24) is 9.55 Å². The molecule has 0 amide bonds. The van der Waals surface area contributed by atoms with Gasteiger partial charge in [0.25, 0.3) is 5.56 Å². The van der Waals surface area contributed by atoms with Crippen LogP contribution in [-0.4, -0.2) is 16.7 Å². The molecule has 150 valence electrons. The molecule has 0 spiro atoms. The van der Waals surface area contributed by atoms with Crippen LogP contribution in [0.4, 0.5) is 0 Å². The number of ether oxygens (including phenoxy) is 1. The number of nitrogens with one attached hydrogen (secondary N) is 1. The van der Waals surface area contributed by atoms with Crippen LogP contribution in [-0.2, 0) is 11.8 Å². The number of benzene rings is 1. The van der Waals surface area contributed by atoms with Crippen molar-refractivity contribution >= 4 is 0 Å². The molecule has 0 aliphatic heterocycles. The molecule has 0 aliphatic carbocycles. The molecular weight excluding hydrogens is 352 g/mol. The predicted molar refractivity (Wildman–Crippen MR) is 115 cm³/mol. The average molecular weight is 383 g/mol. The lowest BCUT2D eigenvalue weighted by molar-refractivity contribution is 0.392. The zero-order valence-electron chi connectivity index (χ0n) is 17.6. The van der Waals surface area contributed by atoms with Gasteiger partial charge in [0.1, 0.15) is 5.75 Å². The molecular formula is C23H30N2O3. The number of H-pyrrole nitrogens is 1. The maximum absolute atomic E-state index is 12.3. The molecule has 1 aromatic carbocycles. The number of hydrogen-bond acceptors (Lipinski definition) is 3. The third-order valence-electron chi connectivity index (χ3n) is 4.70. The second-order valence-electron chi connectivity index (χ2n) is 7.78. The van der Waals surface area contributed by atoms with Crippen molar-refractivity contribution in [1.29, 1.82) is 0 Å². The Morgan fingerprint density at radius 2 is 1.93 bits per heavy atom. The average Bonchev–Trinajstić information content (AvgIpc) is 2.63. The minimum atomic E-state index is -0.452. The van der Waals surface area contributed by atoms with Gasteiger partial charge in [-0.25, -0.2) is 4.79 Å². The summed E-state index contributed by atoms with van der Waals surface area (Å²) in [6.07, 6.45) is 9.40. The summed E-state index contributed by atoms with van der Waals surface area (Å²) in [7, 11) is 1.68. The quantitative estimate of drug-likeness (QED) is 0.758. The maximum atomic E-state index is 12.3. The van der Waals surface area contributed by atoms with E-state index in [1.165, 1.54) is 22.4 Å². The molecule has 5 heteroatoms. The molecule has 2 rings (SSSR count). The van der Waals surface area contributed by atoms with Crippen LogP contribution in [0.5, 0.6) is 5.75 Å². The largest absolute Gasteiger partial charge is 0.496 e. The Morgan fingerprint density at radius 1 is 1.21 bits per heavy atom. The summed E-state index contributed by atoms with van der Waals surface area (Å²) < 4.78 is 7.25. The molecule has 0 unspecified atom stereocenters. The molecule has 5 nitrogen and oxygen atoms in total. The summed E-state index contributed by atoms with van der Waals surface area (Å²) in [6.45, 7) is 10.4. The van der Waals surface area contributed by atoms with Crippen molar-refractivity contribution in [2.75, 3.05) is 7.11 Å². The summed E-state index contributed by atoms with van der Waals surface area (Å²) in [5, 5.41) is 0. The molecule has 2 aromatic rings. The fourth-order valence-corrected chi connectivity index (χ4v) is 3.23. The van der Waals surface area contributed by atoms with Crippen LogP contribution in [0.25, 0.3) is 5.69 Å². The van der Waals surface area contributed by atoms with E-state index < -0.39 is 11.2 Å². The van der Waals surface area contributed by atoms with Gasteiger partial charge >= 0.3 is 5.69 Å². The molecule has 0 saturated heterocycles. The minimum absolute atomic E-state index is 0.172. The second kappa shape index (κ2) is 8.91. The smallest absolute Gasteiger partial charge is 0.332 e. The van der Waals surface area contributed by atoms with Crippen molar-refractivity contribution in [3.8, 4) is 11.4 Å². The van der Waals surface area contributed by atoms with Gasteiger partial charge in [0.05, 0.1) is 12.8 Å². The molecule has 1 N–H and O–H groups in total. The SMILES string of the molecule is C/C=C\C(=C/C)CCc1cc(-n2ccc(=O)[nH]c2=O)cc(C(C)(C)C)c1OC. The Hall–Kier alpha value is -2.82. The Labute approximate surface area is 166 Å². The highest BCUT2D eigenvalue weighted by Gasteiger charge is 2.23. The Kier molecular flexibility index (Phi) is 6.84.